The summed E-state index contributed by atoms with van der Waals surface area (Å²) in [6.45, 7) is 3.31. The van der Waals surface area contributed by atoms with E-state index in [-0.39, 0.29) is 5.54 Å². The van der Waals surface area contributed by atoms with Crippen LogP contribution in [0.5, 0.6) is 0 Å². The summed E-state index contributed by atoms with van der Waals surface area (Å²) in [5.74, 6) is 0.939. The van der Waals surface area contributed by atoms with Gasteiger partial charge in [-0.2, -0.15) is 0 Å². The minimum atomic E-state index is 0.141. The molecule has 3 unspecified atom stereocenters. The third-order valence-electron chi connectivity index (χ3n) is 5.14. The van der Waals surface area contributed by atoms with Crippen LogP contribution in [0.1, 0.15) is 77.6 Å². The first-order valence-corrected chi connectivity index (χ1v) is 8.12. The SMILES string of the molecule is CCC1CCCC(N)(CCCC2CCCO2)CC1. The number of nitrogens with two attached hydrogens (primary N) is 1. The van der Waals surface area contributed by atoms with Crippen molar-refractivity contribution in [3.8, 4) is 0 Å². The largest absolute Gasteiger partial charge is 0.378 e. The van der Waals surface area contributed by atoms with Gasteiger partial charge in [0.15, 0.2) is 0 Å². The van der Waals surface area contributed by atoms with Crippen LogP contribution in [0.2, 0.25) is 0 Å². The lowest BCUT2D eigenvalue weighted by atomic mass is 9.85. The molecule has 0 aromatic rings. The Hall–Kier alpha value is -0.0800. The van der Waals surface area contributed by atoms with Gasteiger partial charge in [0.05, 0.1) is 6.10 Å². The molecule has 2 rings (SSSR count). The summed E-state index contributed by atoms with van der Waals surface area (Å²) < 4.78 is 5.69. The fourth-order valence-corrected chi connectivity index (χ4v) is 3.72. The van der Waals surface area contributed by atoms with Crippen molar-refractivity contribution in [2.45, 2.75) is 89.2 Å². The van der Waals surface area contributed by atoms with Gasteiger partial charge in [0.25, 0.3) is 0 Å². The van der Waals surface area contributed by atoms with Crippen LogP contribution in [-0.2, 0) is 4.74 Å². The highest BCUT2D eigenvalue weighted by atomic mass is 16.5. The molecule has 2 aliphatic rings. The van der Waals surface area contributed by atoms with Crippen molar-refractivity contribution in [1.82, 2.24) is 0 Å². The zero-order valence-electron chi connectivity index (χ0n) is 12.1. The van der Waals surface area contributed by atoms with E-state index in [4.69, 9.17) is 10.5 Å². The van der Waals surface area contributed by atoms with Crippen LogP contribution in [0.4, 0.5) is 0 Å². The Morgan fingerprint density at radius 1 is 1.17 bits per heavy atom. The van der Waals surface area contributed by atoms with Gasteiger partial charge in [-0.3, -0.25) is 0 Å². The van der Waals surface area contributed by atoms with E-state index in [9.17, 15) is 0 Å². The van der Waals surface area contributed by atoms with Crippen LogP contribution in [-0.4, -0.2) is 18.2 Å². The zero-order chi connectivity index (χ0) is 12.8. The van der Waals surface area contributed by atoms with Gasteiger partial charge in [-0.1, -0.05) is 26.2 Å². The zero-order valence-corrected chi connectivity index (χ0v) is 12.1. The molecule has 1 saturated carbocycles. The van der Waals surface area contributed by atoms with Crippen molar-refractivity contribution in [2.24, 2.45) is 11.7 Å². The van der Waals surface area contributed by atoms with Crippen molar-refractivity contribution in [3.63, 3.8) is 0 Å². The van der Waals surface area contributed by atoms with E-state index in [1.165, 1.54) is 70.6 Å². The first-order valence-electron chi connectivity index (χ1n) is 8.12. The molecule has 2 fully saturated rings. The Morgan fingerprint density at radius 2 is 2.06 bits per heavy atom. The first kappa shape index (κ1) is 14.3. The Kier molecular flexibility index (Phi) is 5.50. The second-order valence-corrected chi connectivity index (χ2v) is 6.59. The molecule has 0 aromatic carbocycles. The highest BCUT2D eigenvalue weighted by molar-refractivity contribution is 4.87. The summed E-state index contributed by atoms with van der Waals surface area (Å²) in [6.07, 6.45) is 14.7. The molecule has 106 valence electrons. The highest BCUT2D eigenvalue weighted by Gasteiger charge is 2.28. The van der Waals surface area contributed by atoms with Crippen LogP contribution in [0, 0.1) is 5.92 Å². The molecule has 1 saturated heterocycles. The van der Waals surface area contributed by atoms with Gasteiger partial charge in [0.2, 0.25) is 0 Å². The van der Waals surface area contributed by atoms with Crippen LogP contribution < -0.4 is 5.73 Å². The molecule has 0 amide bonds. The van der Waals surface area contributed by atoms with E-state index in [2.05, 4.69) is 6.92 Å². The number of rotatable bonds is 5. The lowest BCUT2D eigenvalue weighted by Crippen LogP contribution is -2.39. The molecule has 0 bridgehead atoms. The lowest BCUT2D eigenvalue weighted by molar-refractivity contribution is 0.0996. The molecule has 0 radical (unpaired) electrons. The van der Waals surface area contributed by atoms with Gasteiger partial charge in [0, 0.05) is 12.1 Å². The second kappa shape index (κ2) is 6.91. The van der Waals surface area contributed by atoms with Gasteiger partial charge in [-0.25, -0.2) is 0 Å². The van der Waals surface area contributed by atoms with Crippen molar-refractivity contribution in [2.75, 3.05) is 6.61 Å². The minimum absolute atomic E-state index is 0.141. The fraction of sp³-hybridized carbons (Fsp3) is 1.00. The van der Waals surface area contributed by atoms with Crippen molar-refractivity contribution < 1.29 is 4.74 Å². The van der Waals surface area contributed by atoms with E-state index >= 15 is 0 Å². The van der Waals surface area contributed by atoms with E-state index in [1.54, 1.807) is 0 Å². The van der Waals surface area contributed by atoms with Crippen LogP contribution in [0.25, 0.3) is 0 Å². The Morgan fingerprint density at radius 3 is 2.78 bits per heavy atom. The predicted octanol–water partition coefficient (Wildman–Crippen LogP) is 4.02. The van der Waals surface area contributed by atoms with Crippen molar-refractivity contribution in [1.29, 1.82) is 0 Å². The fourth-order valence-electron chi connectivity index (χ4n) is 3.72. The maximum absolute atomic E-state index is 6.62. The Labute approximate surface area is 113 Å². The number of hydrogen-bond donors (Lipinski definition) is 1. The molecule has 0 spiro atoms. The van der Waals surface area contributed by atoms with E-state index in [1.807, 2.05) is 0 Å². The Bertz CT molecular complexity index is 237. The first-order chi connectivity index (χ1) is 8.72. The summed E-state index contributed by atoms with van der Waals surface area (Å²) in [4.78, 5) is 0. The van der Waals surface area contributed by atoms with Gasteiger partial charge in [0.1, 0.15) is 0 Å². The summed E-state index contributed by atoms with van der Waals surface area (Å²) >= 11 is 0. The number of ether oxygens (including phenoxy) is 1. The molecule has 2 heteroatoms. The predicted molar refractivity (Wildman–Crippen MR) is 76.6 cm³/mol. The maximum atomic E-state index is 6.62. The average Bonchev–Trinajstić information content (AvgIpc) is 2.79. The third-order valence-corrected chi connectivity index (χ3v) is 5.14. The molecular formula is C16H31NO. The lowest BCUT2D eigenvalue weighted by Gasteiger charge is -2.28. The molecular weight excluding hydrogens is 222 g/mol. The van der Waals surface area contributed by atoms with Gasteiger partial charge < -0.3 is 10.5 Å². The van der Waals surface area contributed by atoms with Crippen molar-refractivity contribution in [3.05, 3.63) is 0 Å². The minimum Gasteiger partial charge on any atom is -0.378 e. The topological polar surface area (TPSA) is 35.2 Å². The summed E-state index contributed by atoms with van der Waals surface area (Å²) in [5, 5.41) is 0. The average molecular weight is 253 g/mol. The third kappa shape index (κ3) is 4.24. The molecule has 3 atom stereocenters. The second-order valence-electron chi connectivity index (χ2n) is 6.59. The molecule has 1 aliphatic carbocycles. The Balaban J connectivity index is 1.69. The smallest absolute Gasteiger partial charge is 0.0576 e. The summed E-state index contributed by atoms with van der Waals surface area (Å²) in [6, 6.07) is 0. The van der Waals surface area contributed by atoms with Crippen LogP contribution in [0.15, 0.2) is 0 Å². The molecule has 1 aliphatic heterocycles. The molecule has 2 N–H and O–H groups in total. The number of hydrogen-bond acceptors (Lipinski definition) is 2. The quantitative estimate of drug-likeness (QED) is 0.751. The standard InChI is InChI=1S/C16H31NO/c1-2-14-6-3-10-16(17,12-9-14)11-4-7-15-8-5-13-18-15/h14-15H,2-13,17H2,1H3. The summed E-state index contributed by atoms with van der Waals surface area (Å²) in [7, 11) is 0. The molecule has 18 heavy (non-hydrogen) atoms. The normalized spacial score (nSPS) is 37.7. The maximum Gasteiger partial charge on any atom is 0.0576 e. The molecule has 1 heterocycles. The van der Waals surface area contributed by atoms with E-state index in [0.717, 1.165) is 12.5 Å². The van der Waals surface area contributed by atoms with Gasteiger partial charge >= 0.3 is 0 Å². The van der Waals surface area contributed by atoms with Gasteiger partial charge in [-0.15, -0.1) is 0 Å². The highest BCUT2D eigenvalue weighted by Crippen LogP contribution is 2.33. The summed E-state index contributed by atoms with van der Waals surface area (Å²) in [5.41, 5.74) is 6.76. The van der Waals surface area contributed by atoms with Crippen LogP contribution >= 0.6 is 0 Å². The molecule has 0 aromatic heterocycles. The van der Waals surface area contributed by atoms with Crippen molar-refractivity contribution >= 4 is 0 Å². The van der Waals surface area contributed by atoms with Gasteiger partial charge in [-0.05, 0) is 57.3 Å². The van der Waals surface area contributed by atoms with E-state index in [0.29, 0.717) is 6.10 Å². The monoisotopic (exact) mass is 253 g/mol. The van der Waals surface area contributed by atoms with Crippen LogP contribution in [0.3, 0.4) is 0 Å². The molecule has 2 nitrogen and oxygen atoms in total. The van der Waals surface area contributed by atoms with E-state index < -0.39 is 0 Å².